The molecule has 2 heterocycles. The van der Waals surface area contributed by atoms with Crippen molar-refractivity contribution in [3.05, 3.63) is 48.0 Å². The molecule has 2 aliphatic rings. The third kappa shape index (κ3) is 3.68. The van der Waals surface area contributed by atoms with Crippen LogP contribution in [0.25, 0.3) is 0 Å². The summed E-state index contributed by atoms with van der Waals surface area (Å²) in [6.45, 7) is 0. The van der Waals surface area contributed by atoms with Crippen LogP contribution in [0.3, 0.4) is 0 Å². The van der Waals surface area contributed by atoms with Crippen LogP contribution in [0.15, 0.2) is 52.9 Å². The molecule has 1 aliphatic carbocycles. The summed E-state index contributed by atoms with van der Waals surface area (Å²) >= 11 is 2.76. The largest absolute Gasteiger partial charge is 0.301 e. The second-order valence-electron chi connectivity index (χ2n) is 6.34. The molecule has 0 saturated carbocycles. The summed E-state index contributed by atoms with van der Waals surface area (Å²) in [4.78, 5) is 43.4. The molecule has 4 rings (SSSR count). The number of fused-ring (bicyclic) bond motifs is 1. The van der Waals surface area contributed by atoms with Crippen molar-refractivity contribution < 1.29 is 14.4 Å². The Labute approximate surface area is 164 Å². The van der Waals surface area contributed by atoms with E-state index in [4.69, 9.17) is 0 Å². The third-order valence-electron chi connectivity index (χ3n) is 4.65. The van der Waals surface area contributed by atoms with E-state index in [2.05, 4.69) is 10.3 Å². The summed E-state index contributed by atoms with van der Waals surface area (Å²) in [6, 6.07) is 7.19. The van der Waals surface area contributed by atoms with Crippen LogP contribution in [0.4, 0.5) is 10.8 Å². The van der Waals surface area contributed by atoms with Gasteiger partial charge in [0.25, 0.3) is 0 Å². The molecule has 2 atom stereocenters. The van der Waals surface area contributed by atoms with Crippen LogP contribution in [0.5, 0.6) is 0 Å². The Morgan fingerprint density at radius 2 is 1.81 bits per heavy atom. The second kappa shape index (κ2) is 7.66. The van der Waals surface area contributed by atoms with Gasteiger partial charge in [-0.25, -0.2) is 4.98 Å². The predicted molar refractivity (Wildman–Crippen MR) is 106 cm³/mol. The first-order valence-corrected chi connectivity index (χ1v) is 10.4. The van der Waals surface area contributed by atoms with E-state index in [1.54, 1.807) is 23.7 Å². The minimum atomic E-state index is -0.230. The van der Waals surface area contributed by atoms with Crippen molar-refractivity contribution in [1.82, 2.24) is 4.98 Å². The first kappa shape index (κ1) is 17.9. The number of allylic oxidation sites excluding steroid dienone is 2. The molecule has 8 heteroatoms. The van der Waals surface area contributed by atoms with Crippen LogP contribution < -0.4 is 10.2 Å². The Bertz CT molecular complexity index is 867. The number of nitrogens with zero attached hydrogens (tertiary/aromatic N) is 2. The van der Waals surface area contributed by atoms with Crippen LogP contribution in [-0.4, -0.2) is 28.5 Å². The number of carbonyl (C=O) groups excluding carboxylic acids is 3. The summed E-state index contributed by atoms with van der Waals surface area (Å²) in [6.07, 6.45) is 6.86. The number of anilines is 2. The maximum absolute atomic E-state index is 12.6. The fraction of sp³-hybridized carbons (Fsp3) is 0.263. The van der Waals surface area contributed by atoms with E-state index in [-0.39, 0.29) is 35.3 Å². The molecule has 1 N–H and O–H groups in total. The zero-order chi connectivity index (χ0) is 18.8. The lowest BCUT2D eigenvalue weighted by atomic mass is 9.85. The molecular formula is C19H17N3O3S2. The van der Waals surface area contributed by atoms with Gasteiger partial charge in [-0.2, -0.15) is 0 Å². The van der Waals surface area contributed by atoms with Gasteiger partial charge in [-0.05, 0) is 37.1 Å². The van der Waals surface area contributed by atoms with Crippen molar-refractivity contribution in [2.45, 2.75) is 17.7 Å². The van der Waals surface area contributed by atoms with Crippen LogP contribution in [0, 0.1) is 11.8 Å². The normalized spacial score (nSPS) is 21.4. The van der Waals surface area contributed by atoms with Crippen molar-refractivity contribution in [1.29, 1.82) is 0 Å². The minimum Gasteiger partial charge on any atom is -0.301 e. The van der Waals surface area contributed by atoms with Crippen molar-refractivity contribution in [2.75, 3.05) is 16.0 Å². The highest BCUT2D eigenvalue weighted by Gasteiger charge is 2.47. The molecule has 1 aromatic heterocycles. The smallest absolute Gasteiger partial charge is 0.238 e. The quantitative estimate of drug-likeness (QED) is 0.474. The number of hydrogen-bond donors (Lipinski definition) is 1. The van der Waals surface area contributed by atoms with E-state index in [0.717, 1.165) is 4.90 Å². The molecule has 27 heavy (non-hydrogen) atoms. The van der Waals surface area contributed by atoms with Gasteiger partial charge in [-0.15, -0.1) is 23.1 Å². The van der Waals surface area contributed by atoms with Gasteiger partial charge in [0, 0.05) is 16.5 Å². The third-order valence-corrected chi connectivity index (χ3v) is 6.35. The Balaban J connectivity index is 1.38. The molecule has 0 spiro atoms. The number of nitrogens with one attached hydrogen (secondary N) is 1. The highest BCUT2D eigenvalue weighted by molar-refractivity contribution is 8.00. The molecule has 138 valence electrons. The predicted octanol–water partition coefficient (Wildman–Crippen LogP) is 3.33. The van der Waals surface area contributed by atoms with E-state index in [9.17, 15) is 14.4 Å². The van der Waals surface area contributed by atoms with Crippen LogP contribution in [-0.2, 0) is 14.4 Å². The van der Waals surface area contributed by atoms with E-state index in [0.29, 0.717) is 23.7 Å². The highest BCUT2D eigenvalue weighted by Crippen LogP contribution is 2.38. The van der Waals surface area contributed by atoms with Gasteiger partial charge in [0.15, 0.2) is 5.13 Å². The van der Waals surface area contributed by atoms with Crippen molar-refractivity contribution in [3.8, 4) is 0 Å². The Hall–Kier alpha value is -2.45. The molecule has 6 nitrogen and oxygen atoms in total. The Morgan fingerprint density at radius 1 is 1.15 bits per heavy atom. The maximum atomic E-state index is 12.6. The molecular weight excluding hydrogens is 382 g/mol. The van der Waals surface area contributed by atoms with E-state index in [1.165, 1.54) is 28.0 Å². The summed E-state index contributed by atoms with van der Waals surface area (Å²) < 4.78 is 0. The van der Waals surface area contributed by atoms with Crippen LogP contribution in [0.1, 0.15) is 12.8 Å². The van der Waals surface area contributed by atoms with Gasteiger partial charge >= 0.3 is 0 Å². The summed E-state index contributed by atoms with van der Waals surface area (Å²) in [7, 11) is 0. The van der Waals surface area contributed by atoms with Crippen molar-refractivity contribution >= 4 is 51.6 Å². The summed E-state index contributed by atoms with van der Waals surface area (Å²) in [5, 5.41) is 5.11. The van der Waals surface area contributed by atoms with Gasteiger partial charge in [0.2, 0.25) is 17.7 Å². The molecule has 0 bridgehead atoms. The van der Waals surface area contributed by atoms with E-state index < -0.39 is 0 Å². The number of aromatic nitrogens is 1. The standard InChI is InChI=1S/C19H17N3O3S2/c23-16(21-19-20-9-10-26-19)11-27-13-7-5-12(6-8-13)22-17(24)14-3-1-2-4-15(14)18(22)25/h1-2,5-10,14-15H,3-4,11H2,(H,20,21,23)/t14-,15-/m0/s1. The van der Waals surface area contributed by atoms with Gasteiger partial charge in [-0.3, -0.25) is 19.3 Å². The first-order chi connectivity index (χ1) is 13.1. The number of benzene rings is 1. The second-order valence-corrected chi connectivity index (χ2v) is 8.28. The zero-order valence-electron chi connectivity index (χ0n) is 14.3. The average Bonchev–Trinajstić information content (AvgIpc) is 3.28. The van der Waals surface area contributed by atoms with Crippen molar-refractivity contribution in [3.63, 3.8) is 0 Å². The summed E-state index contributed by atoms with van der Waals surface area (Å²) in [5.74, 6) is -0.552. The highest BCUT2D eigenvalue weighted by atomic mass is 32.2. The monoisotopic (exact) mass is 399 g/mol. The lowest BCUT2D eigenvalue weighted by Gasteiger charge is -2.15. The van der Waals surface area contributed by atoms with Gasteiger partial charge < -0.3 is 5.32 Å². The number of carbonyl (C=O) groups is 3. The molecule has 3 amide bonds. The Morgan fingerprint density at radius 3 is 2.41 bits per heavy atom. The molecule has 1 aromatic carbocycles. The van der Waals surface area contributed by atoms with Gasteiger partial charge in [0.05, 0.1) is 23.3 Å². The topological polar surface area (TPSA) is 79.4 Å². The number of hydrogen-bond acceptors (Lipinski definition) is 6. The zero-order valence-corrected chi connectivity index (χ0v) is 16.0. The van der Waals surface area contributed by atoms with Gasteiger partial charge in [-0.1, -0.05) is 12.2 Å². The Kier molecular flexibility index (Phi) is 5.09. The SMILES string of the molecule is O=C(CSc1ccc(N2C(=O)[C@H]3CC=CC[C@@H]3C2=O)cc1)Nc1nccs1. The lowest BCUT2D eigenvalue weighted by molar-refractivity contribution is -0.122. The molecule has 2 aromatic rings. The number of thiazole rings is 1. The minimum absolute atomic E-state index is 0.113. The van der Waals surface area contributed by atoms with Crippen molar-refractivity contribution in [2.24, 2.45) is 11.8 Å². The van der Waals surface area contributed by atoms with E-state index >= 15 is 0 Å². The van der Waals surface area contributed by atoms with Gasteiger partial charge in [0.1, 0.15) is 0 Å². The molecule has 1 saturated heterocycles. The fourth-order valence-electron chi connectivity index (χ4n) is 3.34. The molecule has 1 fully saturated rings. The molecule has 1 aliphatic heterocycles. The average molecular weight is 399 g/mol. The number of thioether (sulfide) groups is 1. The number of amides is 3. The van der Waals surface area contributed by atoms with Crippen LogP contribution in [0.2, 0.25) is 0 Å². The first-order valence-electron chi connectivity index (χ1n) is 8.58. The number of rotatable bonds is 5. The number of imide groups is 1. The maximum Gasteiger partial charge on any atom is 0.238 e. The molecule has 0 radical (unpaired) electrons. The van der Waals surface area contributed by atoms with Crippen LogP contribution >= 0.6 is 23.1 Å². The summed E-state index contributed by atoms with van der Waals surface area (Å²) in [5.41, 5.74) is 0.594. The van der Waals surface area contributed by atoms with E-state index in [1.807, 2.05) is 24.3 Å². The fourth-order valence-corrected chi connectivity index (χ4v) is 4.58. The lowest BCUT2D eigenvalue weighted by Crippen LogP contribution is -2.30. The molecule has 0 unspecified atom stereocenters.